The van der Waals surface area contributed by atoms with Crippen molar-refractivity contribution in [3.8, 4) is 18.1 Å². The number of terminal acetylenes is 1. The van der Waals surface area contributed by atoms with E-state index in [1.165, 1.54) is 17.5 Å². The van der Waals surface area contributed by atoms with Crippen LogP contribution in [0.4, 0.5) is 0 Å². The van der Waals surface area contributed by atoms with Gasteiger partial charge in [-0.05, 0) is 79.5 Å². The van der Waals surface area contributed by atoms with Gasteiger partial charge in [0.15, 0.2) is 0 Å². The van der Waals surface area contributed by atoms with E-state index in [9.17, 15) is 5.11 Å². The first kappa shape index (κ1) is 15.1. The topological polar surface area (TPSA) is 29.5 Å². The Hall–Kier alpha value is -1.46. The molecule has 1 aromatic carbocycles. The molecule has 1 N–H and O–H groups in total. The molecule has 4 rings (SSSR count). The predicted molar refractivity (Wildman–Crippen MR) is 91.4 cm³/mol. The Morgan fingerprint density at radius 1 is 1.26 bits per heavy atom. The fourth-order valence-corrected chi connectivity index (χ4v) is 5.94. The molecule has 122 valence electrons. The number of ether oxygens (including phenoxy) is 1. The van der Waals surface area contributed by atoms with Gasteiger partial charge in [0, 0.05) is 5.41 Å². The summed E-state index contributed by atoms with van der Waals surface area (Å²) < 4.78 is 5.39. The molecule has 0 spiro atoms. The predicted octanol–water partition coefficient (Wildman–Crippen LogP) is 3.92. The lowest BCUT2D eigenvalue weighted by Gasteiger charge is -2.52. The second-order valence-corrected chi connectivity index (χ2v) is 7.98. The number of hydrogen-bond acceptors (Lipinski definition) is 2. The molecule has 2 heteroatoms. The molecular formula is C21H26O2. The van der Waals surface area contributed by atoms with Crippen LogP contribution in [0.3, 0.4) is 0 Å². The number of hydrogen-bond donors (Lipinski definition) is 1. The van der Waals surface area contributed by atoms with Gasteiger partial charge in [0.1, 0.15) is 11.4 Å². The summed E-state index contributed by atoms with van der Waals surface area (Å²) in [5, 5.41) is 11.0. The Kier molecular flexibility index (Phi) is 3.29. The summed E-state index contributed by atoms with van der Waals surface area (Å²) in [6.45, 7) is 2.24. The normalized spacial score (nSPS) is 41.4. The molecule has 0 aliphatic heterocycles. The first-order valence-corrected chi connectivity index (χ1v) is 8.89. The molecule has 4 unspecified atom stereocenters. The van der Waals surface area contributed by atoms with Gasteiger partial charge in [-0.15, -0.1) is 6.42 Å². The minimum absolute atomic E-state index is 0.104. The van der Waals surface area contributed by atoms with Crippen molar-refractivity contribution in [2.24, 2.45) is 17.3 Å². The van der Waals surface area contributed by atoms with Crippen LogP contribution < -0.4 is 4.74 Å². The summed E-state index contributed by atoms with van der Waals surface area (Å²) in [6.07, 6.45) is 12.1. The molecule has 2 saturated carbocycles. The zero-order chi connectivity index (χ0) is 16.2. The van der Waals surface area contributed by atoms with Gasteiger partial charge in [-0.3, -0.25) is 0 Å². The number of methoxy groups -OCH3 is 1. The quantitative estimate of drug-likeness (QED) is 0.797. The van der Waals surface area contributed by atoms with E-state index in [2.05, 4.69) is 31.0 Å². The van der Waals surface area contributed by atoms with E-state index in [1.807, 2.05) is 0 Å². The van der Waals surface area contributed by atoms with Crippen molar-refractivity contribution in [1.29, 1.82) is 0 Å². The van der Waals surface area contributed by atoms with E-state index < -0.39 is 5.60 Å². The standard InChI is InChI=1S/C21H26O2/c1-4-21(22)12-10-19-18-7-5-14-13-15(23-3)6-8-16(14)17(18)9-11-20(19,21)2/h1,6,8,13,17-19,22H,5,7,9-12H2,2-3H3/t17?,18?,19?,20-,21?/m0/s1. The van der Waals surface area contributed by atoms with E-state index in [-0.39, 0.29) is 5.41 Å². The lowest BCUT2D eigenvalue weighted by molar-refractivity contribution is -0.0646. The van der Waals surface area contributed by atoms with Crippen LogP contribution in [-0.4, -0.2) is 17.8 Å². The Morgan fingerprint density at radius 2 is 2.09 bits per heavy atom. The van der Waals surface area contributed by atoms with E-state index in [0.29, 0.717) is 17.8 Å². The fraction of sp³-hybridized carbons (Fsp3) is 0.619. The largest absolute Gasteiger partial charge is 0.497 e. The summed E-state index contributed by atoms with van der Waals surface area (Å²) in [5.74, 6) is 5.56. The van der Waals surface area contributed by atoms with E-state index in [4.69, 9.17) is 11.2 Å². The third-order valence-corrected chi connectivity index (χ3v) is 7.32. The number of benzene rings is 1. The second kappa shape index (κ2) is 5.02. The molecule has 0 saturated heterocycles. The first-order valence-electron chi connectivity index (χ1n) is 8.89. The molecule has 2 fully saturated rings. The maximum absolute atomic E-state index is 11.0. The molecule has 0 amide bonds. The Bertz CT molecular complexity index is 673. The summed E-state index contributed by atoms with van der Waals surface area (Å²) in [6, 6.07) is 6.59. The monoisotopic (exact) mass is 310 g/mol. The molecular weight excluding hydrogens is 284 g/mol. The maximum Gasteiger partial charge on any atom is 0.130 e. The lowest BCUT2D eigenvalue weighted by Crippen LogP contribution is -2.50. The van der Waals surface area contributed by atoms with Gasteiger partial charge in [-0.2, -0.15) is 0 Å². The minimum Gasteiger partial charge on any atom is -0.497 e. The summed E-state index contributed by atoms with van der Waals surface area (Å²) in [7, 11) is 1.73. The molecule has 1 aromatic rings. The van der Waals surface area contributed by atoms with Crippen LogP contribution in [-0.2, 0) is 6.42 Å². The third kappa shape index (κ3) is 1.93. The lowest BCUT2D eigenvalue weighted by atomic mass is 9.53. The molecule has 0 heterocycles. The maximum atomic E-state index is 11.0. The molecule has 5 atom stereocenters. The van der Waals surface area contributed by atoms with Gasteiger partial charge >= 0.3 is 0 Å². The minimum atomic E-state index is -0.900. The summed E-state index contributed by atoms with van der Waals surface area (Å²) in [5.41, 5.74) is 1.97. The highest BCUT2D eigenvalue weighted by molar-refractivity contribution is 5.41. The molecule has 0 aromatic heterocycles. The Balaban J connectivity index is 1.70. The molecule has 2 nitrogen and oxygen atoms in total. The van der Waals surface area contributed by atoms with Gasteiger partial charge in [0.2, 0.25) is 0 Å². The van der Waals surface area contributed by atoms with Crippen molar-refractivity contribution < 1.29 is 9.84 Å². The van der Waals surface area contributed by atoms with Crippen LogP contribution >= 0.6 is 0 Å². The molecule has 3 aliphatic rings. The highest BCUT2D eigenvalue weighted by atomic mass is 16.5. The molecule has 0 bridgehead atoms. The number of rotatable bonds is 1. The van der Waals surface area contributed by atoms with Crippen LogP contribution in [0.1, 0.15) is 56.1 Å². The average molecular weight is 310 g/mol. The van der Waals surface area contributed by atoms with Crippen LogP contribution in [0.15, 0.2) is 18.2 Å². The Morgan fingerprint density at radius 3 is 2.83 bits per heavy atom. The van der Waals surface area contributed by atoms with Crippen molar-refractivity contribution in [3.63, 3.8) is 0 Å². The van der Waals surface area contributed by atoms with Crippen LogP contribution in [0.25, 0.3) is 0 Å². The van der Waals surface area contributed by atoms with Crippen LogP contribution in [0.5, 0.6) is 5.75 Å². The van der Waals surface area contributed by atoms with Crippen molar-refractivity contribution in [2.45, 2.75) is 57.0 Å². The van der Waals surface area contributed by atoms with E-state index in [0.717, 1.165) is 37.9 Å². The molecule has 23 heavy (non-hydrogen) atoms. The van der Waals surface area contributed by atoms with Crippen molar-refractivity contribution in [2.75, 3.05) is 7.11 Å². The highest BCUT2D eigenvalue weighted by Gasteiger charge is 2.61. The van der Waals surface area contributed by atoms with Crippen LogP contribution in [0, 0.1) is 29.6 Å². The number of aliphatic hydroxyl groups is 1. The highest BCUT2D eigenvalue weighted by Crippen LogP contribution is 2.64. The van der Waals surface area contributed by atoms with Gasteiger partial charge in [-0.25, -0.2) is 0 Å². The molecule has 0 radical (unpaired) electrons. The average Bonchev–Trinajstić information content (AvgIpc) is 2.86. The van der Waals surface area contributed by atoms with E-state index in [1.54, 1.807) is 7.11 Å². The number of aryl methyl sites for hydroxylation is 1. The third-order valence-electron chi connectivity index (χ3n) is 7.32. The Labute approximate surface area is 139 Å². The van der Waals surface area contributed by atoms with Gasteiger partial charge < -0.3 is 9.84 Å². The zero-order valence-electron chi connectivity index (χ0n) is 14.1. The van der Waals surface area contributed by atoms with Crippen molar-refractivity contribution >= 4 is 0 Å². The van der Waals surface area contributed by atoms with Crippen molar-refractivity contribution in [1.82, 2.24) is 0 Å². The summed E-state index contributed by atoms with van der Waals surface area (Å²) >= 11 is 0. The second-order valence-electron chi connectivity index (χ2n) is 7.98. The van der Waals surface area contributed by atoms with Crippen molar-refractivity contribution in [3.05, 3.63) is 29.3 Å². The first-order chi connectivity index (χ1) is 11.0. The fourth-order valence-electron chi connectivity index (χ4n) is 5.94. The van der Waals surface area contributed by atoms with E-state index >= 15 is 0 Å². The van der Waals surface area contributed by atoms with Gasteiger partial charge in [0.25, 0.3) is 0 Å². The summed E-state index contributed by atoms with van der Waals surface area (Å²) in [4.78, 5) is 0. The number of fused-ring (bicyclic) bond motifs is 5. The van der Waals surface area contributed by atoms with Gasteiger partial charge in [-0.1, -0.05) is 18.9 Å². The zero-order valence-corrected chi connectivity index (χ0v) is 14.1. The SMILES string of the molecule is C#CC1(O)CCC2C3CCc4cc(OC)ccc4C3CC[C@@]21C. The molecule has 3 aliphatic carbocycles. The smallest absolute Gasteiger partial charge is 0.130 e. The van der Waals surface area contributed by atoms with Crippen LogP contribution in [0.2, 0.25) is 0 Å². The van der Waals surface area contributed by atoms with Gasteiger partial charge in [0.05, 0.1) is 7.11 Å².